The van der Waals surface area contributed by atoms with Gasteiger partial charge in [-0.3, -0.25) is 14.4 Å². The predicted octanol–water partition coefficient (Wildman–Crippen LogP) is 2.70. The second kappa shape index (κ2) is 8.66. The summed E-state index contributed by atoms with van der Waals surface area (Å²) in [4.78, 5) is 40.8. The van der Waals surface area contributed by atoms with E-state index in [1.54, 1.807) is 24.3 Å². The standard InChI is InChI=1S/C25H25N5O4/c1-34-19-11-9-18(10-12-19)30-23-20(22(27-30)24(26)32)13-15-29(25(23)33)17-7-5-16(6-8-17)28-14-3-2-4-21(28)31/h5-12H,2-4,13-15H2,1H3,(H2,26,32)/i5D,6D,7D,8D,13D2. The first kappa shape index (κ1) is 15.7. The van der Waals surface area contributed by atoms with Crippen LogP contribution in [-0.4, -0.2) is 47.7 Å². The molecule has 0 saturated carbocycles. The molecule has 1 aromatic heterocycles. The van der Waals surface area contributed by atoms with Crippen LogP contribution in [0, 0.1) is 0 Å². The zero-order valence-corrected chi connectivity index (χ0v) is 18.3. The number of methoxy groups -OCH3 is 1. The Bertz CT molecular complexity index is 1540. The molecule has 0 aliphatic carbocycles. The molecule has 1 saturated heterocycles. The normalized spacial score (nSPS) is 19.9. The van der Waals surface area contributed by atoms with Crippen molar-refractivity contribution in [1.29, 1.82) is 0 Å². The zero-order valence-electron chi connectivity index (χ0n) is 24.3. The van der Waals surface area contributed by atoms with E-state index in [1.165, 1.54) is 12.0 Å². The van der Waals surface area contributed by atoms with Crippen LogP contribution in [0.25, 0.3) is 5.69 Å². The Kier molecular flexibility index (Phi) is 3.99. The van der Waals surface area contributed by atoms with Gasteiger partial charge in [-0.2, -0.15) is 5.10 Å². The van der Waals surface area contributed by atoms with E-state index < -0.39 is 60.3 Å². The van der Waals surface area contributed by atoms with Crippen molar-refractivity contribution in [2.75, 3.05) is 30.0 Å². The summed E-state index contributed by atoms with van der Waals surface area (Å²) in [6.07, 6.45) is -0.905. The molecule has 5 rings (SSSR count). The molecule has 9 nitrogen and oxygen atoms in total. The van der Waals surface area contributed by atoms with E-state index in [0.29, 0.717) is 18.6 Å². The summed E-state index contributed by atoms with van der Waals surface area (Å²) in [5.74, 6) is -1.77. The fourth-order valence-corrected chi connectivity index (χ4v) is 4.02. The van der Waals surface area contributed by atoms with Gasteiger partial charge in [-0.25, -0.2) is 4.68 Å². The lowest BCUT2D eigenvalue weighted by atomic mass is 10.0. The van der Waals surface area contributed by atoms with Crippen molar-refractivity contribution in [1.82, 2.24) is 9.78 Å². The molecule has 3 aromatic rings. The Balaban J connectivity index is 1.70. The minimum absolute atomic E-state index is 0.184. The molecule has 34 heavy (non-hydrogen) atoms. The van der Waals surface area contributed by atoms with Gasteiger partial charge in [0.1, 0.15) is 11.4 Å². The van der Waals surface area contributed by atoms with Crippen molar-refractivity contribution >= 4 is 29.1 Å². The molecule has 2 N–H and O–H groups in total. The van der Waals surface area contributed by atoms with E-state index >= 15 is 0 Å². The van der Waals surface area contributed by atoms with Gasteiger partial charge < -0.3 is 20.3 Å². The van der Waals surface area contributed by atoms with Gasteiger partial charge in [-0.05, 0) is 67.6 Å². The van der Waals surface area contributed by atoms with E-state index in [1.807, 2.05) is 0 Å². The molecule has 0 atom stereocenters. The first-order valence-electron chi connectivity index (χ1n) is 13.7. The van der Waals surface area contributed by atoms with Crippen LogP contribution in [0.1, 0.15) is 54.0 Å². The summed E-state index contributed by atoms with van der Waals surface area (Å²) in [6.45, 7) is -0.494. The number of hydrogen-bond acceptors (Lipinski definition) is 5. The molecule has 0 radical (unpaired) electrons. The lowest BCUT2D eigenvalue weighted by Crippen LogP contribution is -2.39. The molecular weight excluding hydrogens is 434 g/mol. The number of carbonyl (C=O) groups is 3. The highest BCUT2D eigenvalue weighted by molar-refractivity contribution is 6.09. The fraction of sp³-hybridized carbons (Fsp3) is 0.280. The van der Waals surface area contributed by atoms with Crippen molar-refractivity contribution in [3.8, 4) is 11.4 Å². The van der Waals surface area contributed by atoms with Crippen LogP contribution in [0.2, 0.25) is 0 Å². The SMILES string of the molecule is [2H]c1c([2H])c(N2CC([2H])([2H])c3c(C(N)=O)nn(-c4ccc(OC)cc4)c3C2=O)c([2H])c([2H])c1N1CCCCC1=O. The Morgan fingerprint density at radius 2 is 1.71 bits per heavy atom. The third-order valence-corrected chi connectivity index (χ3v) is 5.76. The van der Waals surface area contributed by atoms with Gasteiger partial charge in [0.25, 0.3) is 11.8 Å². The molecule has 3 amide bonds. The minimum Gasteiger partial charge on any atom is -0.497 e. The number of fused-ring (bicyclic) bond motifs is 1. The highest BCUT2D eigenvalue weighted by Gasteiger charge is 2.34. The number of nitrogens with zero attached hydrogens (tertiary/aromatic N) is 4. The van der Waals surface area contributed by atoms with Crippen molar-refractivity contribution in [3.05, 3.63) is 65.4 Å². The summed E-state index contributed by atoms with van der Waals surface area (Å²) in [7, 11) is 1.47. The van der Waals surface area contributed by atoms with Gasteiger partial charge in [0.15, 0.2) is 5.69 Å². The van der Waals surface area contributed by atoms with Gasteiger partial charge in [0.05, 0.1) is 18.3 Å². The Morgan fingerprint density at radius 1 is 1.03 bits per heavy atom. The molecule has 0 unspecified atom stereocenters. The third-order valence-electron chi connectivity index (χ3n) is 5.76. The molecule has 174 valence electrons. The smallest absolute Gasteiger partial charge is 0.277 e. The van der Waals surface area contributed by atoms with Crippen molar-refractivity contribution in [2.45, 2.75) is 25.6 Å². The van der Waals surface area contributed by atoms with Crippen molar-refractivity contribution in [2.24, 2.45) is 5.73 Å². The highest BCUT2D eigenvalue weighted by Crippen LogP contribution is 2.31. The van der Waals surface area contributed by atoms with E-state index in [4.69, 9.17) is 18.7 Å². The zero-order chi connectivity index (χ0) is 29.1. The number of nitrogens with two attached hydrogens (primary N) is 1. The second-order valence-corrected chi connectivity index (χ2v) is 7.81. The number of piperidine rings is 1. The van der Waals surface area contributed by atoms with E-state index in [2.05, 4.69) is 5.10 Å². The van der Waals surface area contributed by atoms with Crippen LogP contribution in [0.3, 0.4) is 0 Å². The molecular formula is C25H25N5O4. The predicted molar refractivity (Wildman–Crippen MR) is 127 cm³/mol. The van der Waals surface area contributed by atoms with Gasteiger partial charge >= 0.3 is 0 Å². The fourth-order valence-electron chi connectivity index (χ4n) is 4.02. The summed E-state index contributed by atoms with van der Waals surface area (Å²) in [5, 5.41) is 4.16. The van der Waals surface area contributed by atoms with Crippen LogP contribution < -0.4 is 20.3 Å². The number of hydrogen-bond donors (Lipinski definition) is 1. The Hall–Kier alpha value is -4.14. The molecule has 2 aliphatic rings. The van der Waals surface area contributed by atoms with Gasteiger partial charge in [0.2, 0.25) is 5.91 Å². The third kappa shape index (κ3) is 3.68. The van der Waals surface area contributed by atoms with Crippen LogP contribution >= 0.6 is 0 Å². The van der Waals surface area contributed by atoms with Crippen LogP contribution in [0.5, 0.6) is 5.75 Å². The number of rotatable bonds is 5. The molecule has 1 fully saturated rings. The number of carbonyl (C=O) groups excluding carboxylic acids is 3. The summed E-state index contributed by atoms with van der Waals surface area (Å²) >= 11 is 0. The highest BCUT2D eigenvalue weighted by atomic mass is 16.5. The average Bonchev–Trinajstić information content (AvgIpc) is 3.34. The first-order valence-corrected chi connectivity index (χ1v) is 10.7. The molecule has 2 aromatic carbocycles. The minimum atomic E-state index is -2.41. The summed E-state index contributed by atoms with van der Waals surface area (Å²) in [6, 6.07) is 3.99. The van der Waals surface area contributed by atoms with Gasteiger partial charge in [0, 0.05) is 39.2 Å². The lowest BCUT2D eigenvalue weighted by Gasteiger charge is -2.29. The number of amides is 3. The lowest BCUT2D eigenvalue weighted by molar-refractivity contribution is -0.119. The first-order chi connectivity index (χ1) is 18.9. The molecule has 0 bridgehead atoms. The van der Waals surface area contributed by atoms with Gasteiger partial charge in [-0.1, -0.05) is 0 Å². The number of anilines is 2. The second-order valence-electron chi connectivity index (χ2n) is 7.81. The number of primary amides is 1. The molecule has 2 aliphatic heterocycles. The van der Waals surface area contributed by atoms with Crippen molar-refractivity contribution < 1.29 is 27.3 Å². The number of aromatic nitrogens is 2. The Labute approximate surface area is 205 Å². The van der Waals surface area contributed by atoms with Crippen LogP contribution in [0.4, 0.5) is 11.4 Å². The summed E-state index contributed by atoms with van der Waals surface area (Å²) < 4.78 is 58.3. The number of benzene rings is 2. The van der Waals surface area contributed by atoms with E-state index in [-0.39, 0.29) is 41.5 Å². The molecule has 9 heteroatoms. The maximum Gasteiger partial charge on any atom is 0.277 e. The van der Waals surface area contributed by atoms with Gasteiger partial charge in [-0.15, -0.1) is 0 Å². The molecule has 0 spiro atoms. The van der Waals surface area contributed by atoms with Crippen LogP contribution in [-0.2, 0) is 11.2 Å². The molecule has 3 heterocycles. The van der Waals surface area contributed by atoms with E-state index in [9.17, 15) is 14.4 Å². The number of ether oxygens (including phenoxy) is 1. The topological polar surface area (TPSA) is 111 Å². The summed E-state index contributed by atoms with van der Waals surface area (Å²) in [5.41, 5.74) is 4.04. The Morgan fingerprint density at radius 3 is 2.32 bits per heavy atom. The monoisotopic (exact) mass is 465 g/mol. The average molecular weight is 466 g/mol. The quantitative estimate of drug-likeness (QED) is 0.623. The van der Waals surface area contributed by atoms with E-state index in [0.717, 1.165) is 9.58 Å². The maximum absolute atomic E-state index is 14.0. The largest absolute Gasteiger partial charge is 0.497 e. The van der Waals surface area contributed by atoms with Crippen molar-refractivity contribution in [3.63, 3.8) is 0 Å². The van der Waals surface area contributed by atoms with Crippen LogP contribution in [0.15, 0.2) is 48.4 Å². The maximum atomic E-state index is 14.0.